The minimum atomic E-state index is -2.87. The fourth-order valence-electron chi connectivity index (χ4n) is 4.00. The van der Waals surface area contributed by atoms with Gasteiger partial charge in [0.2, 0.25) is 0 Å². The molecular weight excluding hydrogens is 451 g/mol. The van der Waals surface area contributed by atoms with Crippen LogP contribution in [0.1, 0.15) is 0 Å². The van der Waals surface area contributed by atoms with E-state index in [1.54, 1.807) is 0 Å². The van der Waals surface area contributed by atoms with E-state index in [-0.39, 0.29) is 0 Å². The molecule has 0 aliphatic rings. The van der Waals surface area contributed by atoms with Crippen molar-refractivity contribution in [2.45, 2.75) is 0 Å². The Hall–Kier alpha value is -2.45. The van der Waals surface area contributed by atoms with E-state index in [9.17, 15) is 0 Å². The Morgan fingerprint density at radius 1 is 0.533 bits per heavy atom. The summed E-state index contributed by atoms with van der Waals surface area (Å²) in [4.78, 5) is 0. The monoisotopic (exact) mass is 476 g/mol. The number of hydrazine groups is 1. The van der Waals surface area contributed by atoms with Crippen molar-refractivity contribution in [3.8, 4) is 0 Å². The first-order valence-corrected chi connectivity index (χ1v) is 14.6. The predicted octanol–water partition coefficient (Wildman–Crippen LogP) is 5.44. The Labute approximate surface area is 187 Å². The predicted molar refractivity (Wildman–Crippen MR) is 137 cm³/mol. The van der Waals surface area contributed by atoms with Gasteiger partial charge in [0, 0.05) is 0 Å². The van der Waals surface area contributed by atoms with Crippen LogP contribution in [0, 0.1) is 0 Å². The van der Waals surface area contributed by atoms with E-state index in [4.69, 9.17) is 0 Å². The van der Waals surface area contributed by atoms with Gasteiger partial charge in [0.15, 0.2) is 0 Å². The number of anilines is 1. The molecule has 0 bridgehead atoms. The Morgan fingerprint density at radius 2 is 0.900 bits per heavy atom. The van der Waals surface area contributed by atoms with Gasteiger partial charge < -0.3 is 0 Å². The summed E-state index contributed by atoms with van der Waals surface area (Å²) in [5.74, 6) is 0. The third-order valence-electron chi connectivity index (χ3n) is 5.55. The maximum atomic E-state index is 4.47. The molecule has 4 rings (SSSR count). The molecule has 0 amide bonds. The molecule has 4 aromatic rings. The number of benzene rings is 4. The van der Waals surface area contributed by atoms with Crippen LogP contribution in [0.2, 0.25) is 0 Å². The molecule has 0 saturated carbocycles. The molecule has 4 aromatic carbocycles. The molecule has 2 N–H and O–H groups in total. The first-order valence-electron chi connectivity index (χ1n) is 10.2. The van der Waals surface area contributed by atoms with Gasteiger partial charge in [-0.15, -0.1) is 0 Å². The number of halogens is 1. The molecule has 0 aromatic heterocycles. The Bertz CT molecular complexity index is 958. The van der Waals surface area contributed by atoms with Crippen LogP contribution in [0.25, 0.3) is 0 Å². The maximum absolute atomic E-state index is 4.47. The van der Waals surface area contributed by atoms with Gasteiger partial charge in [-0.2, -0.15) is 0 Å². The van der Waals surface area contributed by atoms with E-state index in [1.165, 1.54) is 15.9 Å². The second kappa shape index (κ2) is 9.14. The zero-order chi connectivity index (χ0) is 20.7. The molecule has 0 atom stereocenters. The summed E-state index contributed by atoms with van der Waals surface area (Å²) in [6.45, 7) is 0.802. The molecule has 0 fully saturated rings. The van der Waals surface area contributed by atoms with Crippen molar-refractivity contribution in [2.24, 2.45) is 0 Å². The van der Waals surface area contributed by atoms with Crippen LogP contribution < -0.4 is 26.8 Å². The van der Waals surface area contributed by atoms with Crippen molar-refractivity contribution in [2.75, 3.05) is 18.1 Å². The third kappa shape index (κ3) is 3.94. The normalized spacial score (nSPS) is 12.6. The standard InChI is InChI=1S/C26H26BrN2P/c27-30(24-15-7-2-8-16-24,25-17-9-3-10-18-25,26-19-11-4-12-20-26)22-21-28-29-23-13-5-1-6-14-23/h1-20,28-29H,21-22H2. The molecule has 0 radical (unpaired) electrons. The number of hydrogen-bond acceptors (Lipinski definition) is 2. The third-order valence-corrected chi connectivity index (χ3v) is 15.5. The zero-order valence-corrected chi connectivity index (χ0v) is 19.3. The van der Waals surface area contributed by atoms with Gasteiger partial charge >= 0.3 is 187 Å². The van der Waals surface area contributed by atoms with E-state index in [0.717, 1.165) is 18.4 Å². The number of para-hydroxylation sites is 1. The van der Waals surface area contributed by atoms with E-state index in [0.29, 0.717) is 0 Å². The molecular formula is C26H26BrN2P. The van der Waals surface area contributed by atoms with Gasteiger partial charge in [-0.1, -0.05) is 0 Å². The van der Waals surface area contributed by atoms with Gasteiger partial charge in [0.05, 0.1) is 0 Å². The molecule has 0 aliphatic heterocycles. The second-order valence-electron chi connectivity index (χ2n) is 7.33. The summed E-state index contributed by atoms with van der Waals surface area (Å²) >= 11 is 4.47. The average molecular weight is 477 g/mol. The topological polar surface area (TPSA) is 24.1 Å². The SMILES string of the molecule is BrP(CCNNc1ccccc1)(c1ccccc1)(c1ccccc1)c1ccccc1. The first-order chi connectivity index (χ1) is 14.7. The fraction of sp³-hybridized carbons (Fsp3) is 0.0769. The van der Waals surface area contributed by atoms with E-state index in [2.05, 4.69) is 129 Å². The molecule has 0 unspecified atom stereocenters. The van der Waals surface area contributed by atoms with Crippen LogP contribution in [0.4, 0.5) is 5.69 Å². The van der Waals surface area contributed by atoms with Crippen molar-refractivity contribution in [1.82, 2.24) is 5.43 Å². The van der Waals surface area contributed by atoms with Crippen LogP contribution in [0.5, 0.6) is 0 Å². The van der Waals surface area contributed by atoms with Crippen molar-refractivity contribution < 1.29 is 0 Å². The van der Waals surface area contributed by atoms with Crippen molar-refractivity contribution in [3.05, 3.63) is 121 Å². The van der Waals surface area contributed by atoms with Crippen LogP contribution >= 0.6 is 20.8 Å². The summed E-state index contributed by atoms with van der Waals surface area (Å²) in [6, 6.07) is 42.9. The van der Waals surface area contributed by atoms with Crippen molar-refractivity contribution in [3.63, 3.8) is 0 Å². The van der Waals surface area contributed by atoms with E-state index < -0.39 is 5.31 Å². The Morgan fingerprint density at radius 3 is 1.30 bits per heavy atom. The van der Waals surface area contributed by atoms with Crippen LogP contribution in [0.3, 0.4) is 0 Å². The summed E-state index contributed by atoms with van der Waals surface area (Å²) in [5, 5.41) is 1.14. The average Bonchev–Trinajstić information content (AvgIpc) is 2.84. The molecule has 0 spiro atoms. The summed E-state index contributed by atoms with van der Waals surface area (Å²) in [6.07, 6.45) is 0.934. The van der Waals surface area contributed by atoms with E-state index >= 15 is 0 Å². The quantitative estimate of drug-likeness (QED) is 0.201. The molecule has 0 heterocycles. The van der Waals surface area contributed by atoms with Gasteiger partial charge in [-0.25, -0.2) is 0 Å². The van der Waals surface area contributed by atoms with Crippen molar-refractivity contribution in [1.29, 1.82) is 0 Å². The Kier molecular flexibility index (Phi) is 6.34. The molecule has 4 heteroatoms. The molecule has 152 valence electrons. The van der Waals surface area contributed by atoms with Crippen molar-refractivity contribution >= 4 is 42.4 Å². The summed E-state index contributed by atoms with van der Waals surface area (Å²) in [7, 11) is 0. The number of rotatable bonds is 8. The van der Waals surface area contributed by atoms with Gasteiger partial charge in [0.25, 0.3) is 0 Å². The van der Waals surface area contributed by atoms with Crippen LogP contribution in [0.15, 0.2) is 121 Å². The zero-order valence-electron chi connectivity index (χ0n) is 16.8. The van der Waals surface area contributed by atoms with E-state index in [1.807, 2.05) is 18.2 Å². The van der Waals surface area contributed by atoms with Gasteiger partial charge in [0.1, 0.15) is 0 Å². The first kappa shape index (κ1) is 20.8. The number of hydrogen-bond donors (Lipinski definition) is 2. The van der Waals surface area contributed by atoms with Crippen LogP contribution in [-0.2, 0) is 0 Å². The summed E-state index contributed by atoms with van der Waals surface area (Å²) < 4.78 is 0. The van der Waals surface area contributed by atoms with Gasteiger partial charge in [-0.05, 0) is 0 Å². The number of nitrogens with one attached hydrogen (secondary N) is 2. The second-order valence-corrected chi connectivity index (χ2v) is 16.4. The Balaban J connectivity index is 1.77. The summed E-state index contributed by atoms with van der Waals surface area (Å²) in [5.41, 5.74) is 7.84. The molecule has 0 aliphatic carbocycles. The minimum absolute atomic E-state index is 0.802. The molecule has 0 saturated heterocycles. The molecule has 2 nitrogen and oxygen atoms in total. The molecule has 30 heavy (non-hydrogen) atoms. The van der Waals surface area contributed by atoms with Crippen LogP contribution in [-0.4, -0.2) is 12.7 Å². The van der Waals surface area contributed by atoms with Gasteiger partial charge in [-0.3, -0.25) is 0 Å². The fourth-order valence-corrected chi connectivity index (χ4v) is 11.2.